The molecule has 1 fully saturated rings. The minimum absolute atomic E-state index is 0.0666. The van der Waals surface area contributed by atoms with Gasteiger partial charge in [-0.25, -0.2) is 0 Å². The van der Waals surface area contributed by atoms with Crippen molar-refractivity contribution in [2.75, 3.05) is 13.2 Å². The molecule has 0 spiro atoms. The van der Waals surface area contributed by atoms with Crippen molar-refractivity contribution in [2.24, 2.45) is 0 Å². The molecule has 1 saturated heterocycles. The largest absolute Gasteiger partial charge is 0.491 e. The summed E-state index contributed by atoms with van der Waals surface area (Å²) in [6.07, 6.45) is 1.52. The highest BCUT2D eigenvalue weighted by Gasteiger charge is 2.32. The molecule has 1 atom stereocenters. The van der Waals surface area contributed by atoms with E-state index in [2.05, 4.69) is 23.3 Å². The zero-order valence-electron chi connectivity index (χ0n) is 13.8. The van der Waals surface area contributed by atoms with Gasteiger partial charge in [0.05, 0.1) is 6.61 Å². The van der Waals surface area contributed by atoms with Crippen molar-refractivity contribution >= 4 is 5.57 Å². The molecule has 0 radical (unpaired) electrons. The predicted octanol–water partition coefficient (Wildman–Crippen LogP) is 3.47. The molecule has 6 nitrogen and oxygen atoms in total. The number of benzene rings is 1. The van der Waals surface area contributed by atoms with Crippen LogP contribution in [0.3, 0.4) is 0 Å². The third kappa shape index (κ3) is 3.72. The fraction of sp³-hybridized carbons (Fsp3) is 0.333. The smallest absolute Gasteiger partial charge is 0.258 e. The van der Waals surface area contributed by atoms with Crippen LogP contribution in [0.2, 0.25) is 0 Å². The van der Waals surface area contributed by atoms with Crippen LogP contribution in [0, 0.1) is 0 Å². The Morgan fingerprint density at radius 3 is 2.75 bits per heavy atom. The van der Waals surface area contributed by atoms with Crippen LogP contribution in [0.5, 0.6) is 5.75 Å². The van der Waals surface area contributed by atoms with Crippen LogP contribution in [0.25, 0.3) is 17.0 Å². The quantitative estimate of drug-likeness (QED) is 0.757. The fourth-order valence-electron chi connectivity index (χ4n) is 2.29. The van der Waals surface area contributed by atoms with Gasteiger partial charge >= 0.3 is 0 Å². The van der Waals surface area contributed by atoms with E-state index in [4.69, 9.17) is 18.7 Å². The van der Waals surface area contributed by atoms with Gasteiger partial charge in [-0.3, -0.25) is 0 Å². The molecule has 0 N–H and O–H groups in total. The van der Waals surface area contributed by atoms with E-state index in [1.165, 1.54) is 0 Å². The summed E-state index contributed by atoms with van der Waals surface area (Å²) < 4.78 is 22.2. The zero-order chi connectivity index (χ0) is 17.2. The lowest BCUT2D eigenvalue weighted by Crippen LogP contribution is -2.25. The number of rotatable bonds is 6. The molecule has 24 heavy (non-hydrogen) atoms. The average molecular weight is 328 g/mol. The van der Waals surface area contributed by atoms with Crippen LogP contribution in [0.15, 0.2) is 48.0 Å². The molecule has 2 heterocycles. The van der Waals surface area contributed by atoms with E-state index in [1.807, 2.05) is 38.1 Å². The van der Waals surface area contributed by atoms with Gasteiger partial charge in [-0.2, -0.15) is 4.98 Å². The Bertz CT molecular complexity index is 734. The van der Waals surface area contributed by atoms with Gasteiger partial charge in [-0.05, 0) is 38.1 Å². The normalized spacial score (nSPS) is 19.2. The SMILES string of the molecule is C=CC(=C)c1noc(-c2ccc(OCC3COC(C)(C)O3)cc2)n1. The van der Waals surface area contributed by atoms with Crippen LogP contribution in [0.1, 0.15) is 19.7 Å². The van der Waals surface area contributed by atoms with E-state index in [9.17, 15) is 0 Å². The molecule has 1 aliphatic rings. The van der Waals surface area contributed by atoms with Crippen LogP contribution in [0.4, 0.5) is 0 Å². The van der Waals surface area contributed by atoms with E-state index in [0.717, 1.165) is 11.3 Å². The maximum Gasteiger partial charge on any atom is 0.258 e. The Morgan fingerprint density at radius 2 is 2.12 bits per heavy atom. The molecular weight excluding hydrogens is 308 g/mol. The van der Waals surface area contributed by atoms with E-state index in [-0.39, 0.29) is 6.10 Å². The third-order valence-electron chi connectivity index (χ3n) is 3.56. The van der Waals surface area contributed by atoms with Crippen molar-refractivity contribution in [1.29, 1.82) is 0 Å². The lowest BCUT2D eigenvalue weighted by Gasteiger charge is -2.17. The minimum atomic E-state index is -0.539. The van der Waals surface area contributed by atoms with E-state index in [0.29, 0.717) is 30.5 Å². The van der Waals surface area contributed by atoms with Crippen LogP contribution in [-0.2, 0) is 9.47 Å². The molecule has 0 saturated carbocycles. The van der Waals surface area contributed by atoms with Gasteiger partial charge in [0.1, 0.15) is 18.5 Å². The first-order valence-corrected chi connectivity index (χ1v) is 7.67. The summed E-state index contributed by atoms with van der Waals surface area (Å²) in [5.41, 5.74) is 1.42. The average Bonchev–Trinajstić information content (AvgIpc) is 3.19. The maximum absolute atomic E-state index is 5.74. The summed E-state index contributed by atoms with van der Waals surface area (Å²) in [4.78, 5) is 4.28. The topological polar surface area (TPSA) is 66.6 Å². The first kappa shape index (κ1) is 16.4. The third-order valence-corrected chi connectivity index (χ3v) is 3.56. The Morgan fingerprint density at radius 1 is 1.38 bits per heavy atom. The van der Waals surface area contributed by atoms with Crippen molar-refractivity contribution < 1.29 is 18.7 Å². The Labute approximate surface area is 140 Å². The number of ether oxygens (including phenoxy) is 3. The van der Waals surface area contributed by atoms with E-state index in [1.54, 1.807) is 6.08 Å². The molecule has 1 aromatic carbocycles. The van der Waals surface area contributed by atoms with Gasteiger partial charge in [-0.15, -0.1) is 0 Å². The Balaban J connectivity index is 1.60. The molecule has 1 aliphatic heterocycles. The van der Waals surface area contributed by atoms with Crippen molar-refractivity contribution in [2.45, 2.75) is 25.7 Å². The number of hydrogen-bond acceptors (Lipinski definition) is 6. The second-order valence-electron chi connectivity index (χ2n) is 5.94. The second kappa shape index (κ2) is 6.59. The highest BCUT2D eigenvalue weighted by Crippen LogP contribution is 2.25. The van der Waals surface area contributed by atoms with Gasteiger partial charge in [0, 0.05) is 11.1 Å². The van der Waals surface area contributed by atoms with Crippen molar-refractivity contribution in [3.8, 4) is 17.2 Å². The fourth-order valence-corrected chi connectivity index (χ4v) is 2.29. The van der Waals surface area contributed by atoms with Crippen LogP contribution >= 0.6 is 0 Å². The highest BCUT2D eigenvalue weighted by molar-refractivity contribution is 5.67. The minimum Gasteiger partial charge on any atom is -0.491 e. The molecule has 0 amide bonds. The van der Waals surface area contributed by atoms with Crippen molar-refractivity contribution in [3.05, 3.63) is 49.3 Å². The molecule has 2 aromatic rings. The molecule has 6 heteroatoms. The first-order valence-electron chi connectivity index (χ1n) is 7.67. The maximum atomic E-state index is 5.74. The zero-order valence-corrected chi connectivity index (χ0v) is 13.8. The van der Waals surface area contributed by atoms with Crippen LogP contribution in [-0.4, -0.2) is 35.2 Å². The molecule has 1 aromatic heterocycles. The van der Waals surface area contributed by atoms with Crippen molar-refractivity contribution in [3.63, 3.8) is 0 Å². The summed E-state index contributed by atoms with van der Waals surface area (Å²) in [7, 11) is 0. The first-order chi connectivity index (χ1) is 11.5. The van der Waals surface area contributed by atoms with E-state index < -0.39 is 5.79 Å². The summed E-state index contributed by atoms with van der Waals surface area (Å²) in [6, 6.07) is 7.42. The monoisotopic (exact) mass is 328 g/mol. The van der Waals surface area contributed by atoms with Crippen molar-refractivity contribution in [1.82, 2.24) is 10.1 Å². The Hall–Kier alpha value is -2.44. The molecule has 1 unspecified atom stereocenters. The van der Waals surface area contributed by atoms with E-state index >= 15 is 0 Å². The van der Waals surface area contributed by atoms with Crippen LogP contribution < -0.4 is 4.74 Å². The number of hydrogen-bond donors (Lipinski definition) is 0. The molecule has 0 bridgehead atoms. The summed E-state index contributed by atoms with van der Waals surface area (Å²) in [6.45, 7) is 12.2. The summed E-state index contributed by atoms with van der Waals surface area (Å²) >= 11 is 0. The highest BCUT2D eigenvalue weighted by atomic mass is 16.7. The lowest BCUT2D eigenvalue weighted by molar-refractivity contribution is -0.141. The van der Waals surface area contributed by atoms with Gasteiger partial charge < -0.3 is 18.7 Å². The summed E-state index contributed by atoms with van der Waals surface area (Å²) in [5, 5.41) is 3.87. The predicted molar refractivity (Wildman–Crippen MR) is 89.4 cm³/mol. The van der Waals surface area contributed by atoms with Gasteiger partial charge in [0.25, 0.3) is 5.89 Å². The number of nitrogens with zero attached hydrogens (tertiary/aromatic N) is 2. The summed E-state index contributed by atoms with van der Waals surface area (Å²) in [5.74, 6) is 1.06. The molecule has 126 valence electrons. The molecular formula is C18H20N2O4. The van der Waals surface area contributed by atoms with Gasteiger partial charge in [0.15, 0.2) is 5.79 Å². The van der Waals surface area contributed by atoms with Gasteiger partial charge in [-0.1, -0.05) is 24.4 Å². The second-order valence-corrected chi connectivity index (χ2v) is 5.94. The standard InChI is InChI=1S/C18H20N2O4/c1-5-12(2)16-19-17(24-20-16)13-6-8-14(9-7-13)21-10-15-11-22-18(3,4)23-15/h5-9,15H,1-2,10-11H2,3-4H3. The number of allylic oxidation sites excluding steroid dienone is 2. The lowest BCUT2D eigenvalue weighted by atomic mass is 10.2. The Kier molecular flexibility index (Phi) is 4.51. The van der Waals surface area contributed by atoms with Gasteiger partial charge in [0.2, 0.25) is 5.82 Å². The molecule has 0 aliphatic carbocycles. The molecule has 3 rings (SSSR count). The number of aromatic nitrogens is 2.